The number of anilines is 1. The molecule has 1 amide bonds. The molecule has 0 saturated heterocycles. The average Bonchev–Trinajstić information content (AvgIpc) is 3.13. The number of carbonyl (C=O) groups is 2. The SMILES string of the molecule is Cc1cccc(NC(=O)[C@H](C)OC(=O)C2(c3ccccc3F)CCCC2)c1. The number of ether oxygens (including phenoxy) is 1. The summed E-state index contributed by atoms with van der Waals surface area (Å²) in [7, 11) is 0. The minimum Gasteiger partial charge on any atom is -0.452 e. The van der Waals surface area contributed by atoms with Crippen molar-refractivity contribution >= 4 is 17.6 Å². The van der Waals surface area contributed by atoms with E-state index in [1.54, 1.807) is 24.3 Å². The Morgan fingerprint density at radius 3 is 2.48 bits per heavy atom. The van der Waals surface area contributed by atoms with Crippen molar-refractivity contribution in [3.05, 3.63) is 65.5 Å². The fourth-order valence-electron chi connectivity index (χ4n) is 3.70. The van der Waals surface area contributed by atoms with Gasteiger partial charge < -0.3 is 10.1 Å². The van der Waals surface area contributed by atoms with Crippen LogP contribution in [0.25, 0.3) is 0 Å². The highest BCUT2D eigenvalue weighted by molar-refractivity contribution is 5.96. The van der Waals surface area contributed by atoms with Crippen LogP contribution in [-0.2, 0) is 19.7 Å². The number of amides is 1. The van der Waals surface area contributed by atoms with Crippen molar-refractivity contribution in [2.24, 2.45) is 0 Å². The van der Waals surface area contributed by atoms with Crippen molar-refractivity contribution in [3.63, 3.8) is 0 Å². The predicted octanol–water partition coefficient (Wildman–Crippen LogP) is 4.52. The number of halogens is 1. The Balaban J connectivity index is 1.74. The number of rotatable bonds is 5. The van der Waals surface area contributed by atoms with E-state index in [-0.39, 0.29) is 0 Å². The molecule has 2 aromatic carbocycles. The lowest BCUT2D eigenvalue weighted by Gasteiger charge is -2.29. The minimum atomic E-state index is -1.01. The Labute approximate surface area is 158 Å². The Morgan fingerprint density at radius 2 is 1.81 bits per heavy atom. The summed E-state index contributed by atoms with van der Waals surface area (Å²) in [6, 6.07) is 13.7. The standard InChI is InChI=1S/C22H24FNO3/c1-15-8-7-9-17(14-15)24-20(25)16(2)27-21(26)22(12-5-6-13-22)18-10-3-4-11-19(18)23/h3-4,7-11,14,16H,5-6,12-13H2,1-2H3,(H,24,25)/t16-/m0/s1. The molecule has 1 N–H and O–H groups in total. The van der Waals surface area contributed by atoms with Gasteiger partial charge in [-0.05, 0) is 50.5 Å². The Hall–Kier alpha value is -2.69. The largest absolute Gasteiger partial charge is 0.452 e. The van der Waals surface area contributed by atoms with Gasteiger partial charge in [0, 0.05) is 11.3 Å². The van der Waals surface area contributed by atoms with Crippen LogP contribution in [0.2, 0.25) is 0 Å². The van der Waals surface area contributed by atoms with Crippen molar-refractivity contribution in [1.29, 1.82) is 0 Å². The maximum atomic E-state index is 14.4. The molecule has 1 atom stereocenters. The van der Waals surface area contributed by atoms with Crippen LogP contribution in [-0.4, -0.2) is 18.0 Å². The Kier molecular flexibility index (Phi) is 5.59. The van der Waals surface area contributed by atoms with Crippen LogP contribution < -0.4 is 5.32 Å². The lowest BCUT2D eigenvalue weighted by molar-refractivity contribution is -0.159. The molecule has 2 aromatic rings. The molecule has 142 valence electrons. The number of benzene rings is 2. The monoisotopic (exact) mass is 369 g/mol. The normalized spacial score (nSPS) is 16.6. The van der Waals surface area contributed by atoms with Crippen molar-refractivity contribution in [1.82, 2.24) is 0 Å². The molecule has 0 bridgehead atoms. The van der Waals surface area contributed by atoms with Crippen LogP contribution in [0.1, 0.15) is 43.7 Å². The molecule has 1 fully saturated rings. The van der Waals surface area contributed by atoms with Gasteiger partial charge in [0.25, 0.3) is 5.91 Å². The smallest absolute Gasteiger partial charge is 0.317 e. The Bertz CT molecular complexity index is 843. The lowest BCUT2D eigenvalue weighted by Crippen LogP contribution is -2.40. The molecular formula is C22H24FNO3. The third-order valence-corrected chi connectivity index (χ3v) is 5.18. The van der Waals surface area contributed by atoms with Gasteiger partial charge >= 0.3 is 5.97 Å². The zero-order chi connectivity index (χ0) is 19.4. The molecule has 4 nitrogen and oxygen atoms in total. The van der Waals surface area contributed by atoms with Crippen LogP contribution in [0.3, 0.4) is 0 Å². The summed E-state index contributed by atoms with van der Waals surface area (Å²) < 4.78 is 19.9. The third kappa shape index (κ3) is 4.02. The topological polar surface area (TPSA) is 55.4 Å². The fourth-order valence-corrected chi connectivity index (χ4v) is 3.70. The molecule has 0 radical (unpaired) electrons. The first kappa shape index (κ1) is 19.1. The van der Waals surface area contributed by atoms with E-state index in [9.17, 15) is 14.0 Å². The number of aryl methyl sites for hydroxylation is 1. The summed E-state index contributed by atoms with van der Waals surface area (Å²) in [5.74, 6) is -1.35. The predicted molar refractivity (Wildman–Crippen MR) is 102 cm³/mol. The van der Waals surface area contributed by atoms with Gasteiger partial charge in [-0.2, -0.15) is 0 Å². The van der Waals surface area contributed by atoms with Crippen LogP contribution in [0.15, 0.2) is 48.5 Å². The van der Waals surface area contributed by atoms with Crippen LogP contribution in [0, 0.1) is 12.7 Å². The van der Waals surface area contributed by atoms with Crippen molar-refractivity contribution in [3.8, 4) is 0 Å². The summed E-state index contributed by atoms with van der Waals surface area (Å²) in [6.45, 7) is 3.46. The molecule has 0 heterocycles. The van der Waals surface area contributed by atoms with Gasteiger partial charge in [0.05, 0.1) is 5.41 Å². The average molecular weight is 369 g/mol. The van der Waals surface area contributed by atoms with Gasteiger partial charge in [-0.1, -0.05) is 43.2 Å². The number of esters is 1. The summed E-state index contributed by atoms with van der Waals surface area (Å²) >= 11 is 0. The molecule has 0 unspecified atom stereocenters. The highest BCUT2D eigenvalue weighted by atomic mass is 19.1. The molecule has 3 rings (SSSR count). The summed E-state index contributed by atoms with van der Waals surface area (Å²) in [6.07, 6.45) is 1.74. The van der Waals surface area contributed by atoms with E-state index in [1.807, 2.05) is 25.1 Å². The molecule has 0 spiro atoms. The first-order valence-electron chi connectivity index (χ1n) is 9.26. The molecule has 0 aliphatic heterocycles. The Morgan fingerprint density at radius 1 is 1.11 bits per heavy atom. The second-order valence-electron chi connectivity index (χ2n) is 7.18. The fraction of sp³-hybridized carbons (Fsp3) is 0.364. The number of hydrogen-bond donors (Lipinski definition) is 1. The highest BCUT2D eigenvalue weighted by Gasteiger charge is 2.46. The summed E-state index contributed by atoms with van der Waals surface area (Å²) in [5, 5.41) is 2.75. The van der Waals surface area contributed by atoms with E-state index in [2.05, 4.69) is 5.32 Å². The third-order valence-electron chi connectivity index (χ3n) is 5.18. The first-order chi connectivity index (χ1) is 12.9. The van der Waals surface area contributed by atoms with Crippen molar-refractivity contribution in [2.45, 2.75) is 51.0 Å². The number of carbonyl (C=O) groups excluding carboxylic acids is 2. The van der Waals surface area contributed by atoms with Gasteiger partial charge in [-0.15, -0.1) is 0 Å². The zero-order valence-electron chi connectivity index (χ0n) is 15.6. The van der Waals surface area contributed by atoms with E-state index in [0.717, 1.165) is 18.4 Å². The molecule has 1 aliphatic carbocycles. The lowest BCUT2D eigenvalue weighted by atomic mass is 9.78. The van der Waals surface area contributed by atoms with E-state index >= 15 is 0 Å². The second kappa shape index (κ2) is 7.91. The maximum absolute atomic E-state index is 14.4. The molecule has 1 saturated carbocycles. The van der Waals surface area contributed by atoms with E-state index in [4.69, 9.17) is 4.74 Å². The van der Waals surface area contributed by atoms with E-state index in [0.29, 0.717) is 24.1 Å². The van der Waals surface area contributed by atoms with Gasteiger partial charge in [0.1, 0.15) is 5.82 Å². The van der Waals surface area contributed by atoms with Gasteiger partial charge in [0.2, 0.25) is 0 Å². The highest BCUT2D eigenvalue weighted by Crippen LogP contribution is 2.43. The zero-order valence-corrected chi connectivity index (χ0v) is 15.6. The van der Waals surface area contributed by atoms with Gasteiger partial charge in [-0.25, -0.2) is 4.39 Å². The molecule has 5 heteroatoms. The van der Waals surface area contributed by atoms with Crippen molar-refractivity contribution < 1.29 is 18.7 Å². The number of nitrogens with one attached hydrogen (secondary N) is 1. The van der Waals surface area contributed by atoms with Crippen LogP contribution in [0.5, 0.6) is 0 Å². The minimum absolute atomic E-state index is 0.360. The maximum Gasteiger partial charge on any atom is 0.317 e. The quantitative estimate of drug-likeness (QED) is 0.789. The van der Waals surface area contributed by atoms with E-state index < -0.39 is 29.2 Å². The van der Waals surface area contributed by atoms with Crippen LogP contribution in [0.4, 0.5) is 10.1 Å². The van der Waals surface area contributed by atoms with Crippen molar-refractivity contribution in [2.75, 3.05) is 5.32 Å². The van der Waals surface area contributed by atoms with Gasteiger partial charge in [-0.3, -0.25) is 9.59 Å². The van der Waals surface area contributed by atoms with Gasteiger partial charge in [0.15, 0.2) is 6.10 Å². The molecule has 27 heavy (non-hydrogen) atoms. The van der Waals surface area contributed by atoms with E-state index in [1.165, 1.54) is 13.0 Å². The molecule has 0 aromatic heterocycles. The number of hydrogen-bond acceptors (Lipinski definition) is 3. The molecule has 1 aliphatic rings. The summed E-state index contributed by atoms with van der Waals surface area (Å²) in [5.41, 5.74) is 1.01. The first-order valence-corrected chi connectivity index (χ1v) is 9.26. The van der Waals surface area contributed by atoms with Crippen LogP contribution >= 0.6 is 0 Å². The second-order valence-corrected chi connectivity index (χ2v) is 7.18. The summed E-state index contributed by atoms with van der Waals surface area (Å²) in [4.78, 5) is 25.4. The molecular weight excluding hydrogens is 345 g/mol.